The fraction of sp³-hybridized carbons (Fsp3) is 0.647. The number of halogens is 3. The smallest absolute Gasteiger partial charge is 0.317 e. The molecule has 1 aliphatic carbocycles. The largest absolute Gasteiger partial charge is 0.416 e. The summed E-state index contributed by atoms with van der Waals surface area (Å²) in [6.07, 6.45) is 0.243. The van der Waals surface area contributed by atoms with E-state index in [4.69, 9.17) is 0 Å². The first-order chi connectivity index (χ1) is 10.5. The molecule has 3 rings (SSSR count). The van der Waals surface area contributed by atoms with Crippen LogP contribution in [0.15, 0.2) is 24.3 Å². The predicted molar refractivity (Wildman–Crippen MR) is 80.5 cm³/mol. The molecule has 0 radical (unpaired) electrons. The van der Waals surface area contributed by atoms with E-state index in [9.17, 15) is 13.2 Å². The van der Waals surface area contributed by atoms with Gasteiger partial charge in [-0.05, 0) is 56.3 Å². The standard InChI is InChI=1S/C17H23F3N2/c18-17(19,20)16-4-2-1-3-14(16)12-22(15-5-6-15)11-13-7-9-21-10-8-13/h1-4,13,15,21H,5-12H2. The lowest BCUT2D eigenvalue weighted by Gasteiger charge is -2.30. The van der Waals surface area contributed by atoms with Crippen molar-refractivity contribution in [2.75, 3.05) is 19.6 Å². The van der Waals surface area contributed by atoms with Crippen LogP contribution in [0.2, 0.25) is 0 Å². The molecule has 122 valence electrons. The van der Waals surface area contributed by atoms with Crippen molar-refractivity contribution in [3.05, 3.63) is 35.4 Å². The van der Waals surface area contributed by atoms with Crippen LogP contribution in [0.1, 0.15) is 36.8 Å². The third-order valence-corrected chi connectivity index (χ3v) is 4.71. The van der Waals surface area contributed by atoms with E-state index in [0.29, 0.717) is 24.1 Å². The number of alkyl halides is 3. The van der Waals surface area contributed by atoms with E-state index in [0.717, 1.165) is 45.3 Å². The second-order valence-corrected chi connectivity index (χ2v) is 6.51. The molecule has 5 heteroatoms. The molecule has 0 spiro atoms. The van der Waals surface area contributed by atoms with Crippen molar-refractivity contribution < 1.29 is 13.2 Å². The molecule has 0 atom stereocenters. The molecule has 0 aromatic heterocycles. The lowest BCUT2D eigenvalue weighted by molar-refractivity contribution is -0.138. The van der Waals surface area contributed by atoms with Crippen molar-refractivity contribution in [1.82, 2.24) is 10.2 Å². The van der Waals surface area contributed by atoms with Gasteiger partial charge in [0.05, 0.1) is 5.56 Å². The molecule has 1 aromatic carbocycles. The maximum atomic E-state index is 13.1. The number of hydrogen-bond acceptors (Lipinski definition) is 2. The van der Waals surface area contributed by atoms with E-state index in [1.165, 1.54) is 12.1 Å². The highest BCUT2D eigenvalue weighted by molar-refractivity contribution is 5.29. The molecular formula is C17H23F3N2. The Morgan fingerprint density at radius 2 is 1.73 bits per heavy atom. The number of nitrogens with zero attached hydrogens (tertiary/aromatic N) is 1. The van der Waals surface area contributed by atoms with Crippen LogP contribution in [0.25, 0.3) is 0 Å². The molecule has 1 saturated carbocycles. The quantitative estimate of drug-likeness (QED) is 0.892. The summed E-state index contributed by atoms with van der Waals surface area (Å²) >= 11 is 0. The van der Waals surface area contributed by atoms with Crippen LogP contribution in [0.5, 0.6) is 0 Å². The molecule has 1 aromatic rings. The van der Waals surface area contributed by atoms with Crippen LogP contribution in [0.3, 0.4) is 0 Å². The molecule has 0 amide bonds. The number of nitrogens with one attached hydrogen (secondary N) is 1. The molecule has 22 heavy (non-hydrogen) atoms. The Bertz CT molecular complexity index is 491. The Kier molecular flexibility index (Phi) is 4.73. The Morgan fingerprint density at radius 1 is 1.05 bits per heavy atom. The van der Waals surface area contributed by atoms with Crippen LogP contribution >= 0.6 is 0 Å². The second kappa shape index (κ2) is 6.59. The monoisotopic (exact) mass is 312 g/mol. The van der Waals surface area contributed by atoms with Crippen LogP contribution in [-0.2, 0) is 12.7 Å². The van der Waals surface area contributed by atoms with E-state index < -0.39 is 11.7 Å². The Hall–Kier alpha value is -1.07. The Labute approximate surface area is 129 Å². The van der Waals surface area contributed by atoms with Crippen LogP contribution < -0.4 is 5.32 Å². The van der Waals surface area contributed by atoms with Crippen molar-refractivity contribution >= 4 is 0 Å². The molecule has 1 saturated heterocycles. The van der Waals surface area contributed by atoms with E-state index in [1.54, 1.807) is 12.1 Å². The summed E-state index contributed by atoms with van der Waals surface area (Å²) in [5, 5.41) is 3.34. The van der Waals surface area contributed by atoms with Crippen LogP contribution in [0.4, 0.5) is 13.2 Å². The summed E-state index contributed by atoms with van der Waals surface area (Å²) in [7, 11) is 0. The van der Waals surface area contributed by atoms with Crippen LogP contribution in [0, 0.1) is 5.92 Å². The van der Waals surface area contributed by atoms with Gasteiger partial charge in [-0.15, -0.1) is 0 Å². The highest BCUT2D eigenvalue weighted by Gasteiger charge is 2.36. The number of piperidine rings is 1. The third-order valence-electron chi connectivity index (χ3n) is 4.71. The summed E-state index contributed by atoms with van der Waals surface area (Å²) < 4.78 is 39.4. The second-order valence-electron chi connectivity index (χ2n) is 6.51. The van der Waals surface area contributed by atoms with Crippen molar-refractivity contribution in [2.45, 2.75) is 44.4 Å². The van der Waals surface area contributed by atoms with Gasteiger partial charge >= 0.3 is 6.18 Å². The van der Waals surface area contributed by atoms with Gasteiger partial charge < -0.3 is 5.32 Å². The van der Waals surface area contributed by atoms with Crippen LogP contribution in [-0.4, -0.2) is 30.6 Å². The number of hydrogen-bond donors (Lipinski definition) is 1. The first-order valence-corrected chi connectivity index (χ1v) is 8.14. The number of benzene rings is 1. The molecule has 2 nitrogen and oxygen atoms in total. The fourth-order valence-corrected chi connectivity index (χ4v) is 3.33. The Balaban J connectivity index is 1.71. The molecule has 2 aliphatic rings. The minimum atomic E-state index is -4.26. The van der Waals surface area contributed by atoms with Gasteiger partial charge in [0.25, 0.3) is 0 Å². The van der Waals surface area contributed by atoms with Gasteiger partial charge in [0.2, 0.25) is 0 Å². The molecule has 0 unspecified atom stereocenters. The van der Waals surface area contributed by atoms with Gasteiger partial charge in [0.1, 0.15) is 0 Å². The normalized spacial score (nSPS) is 20.5. The van der Waals surface area contributed by atoms with Crippen molar-refractivity contribution in [3.8, 4) is 0 Å². The van der Waals surface area contributed by atoms with Crippen molar-refractivity contribution in [1.29, 1.82) is 0 Å². The maximum Gasteiger partial charge on any atom is 0.416 e. The van der Waals surface area contributed by atoms with Gasteiger partial charge in [0, 0.05) is 19.1 Å². The van der Waals surface area contributed by atoms with E-state index in [2.05, 4.69) is 10.2 Å². The first-order valence-electron chi connectivity index (χ1n) is 8.14. The maximum absolute atomic E-state index is 13.1. The van der Waals surface area contributed by atoms with Crippen molar-refractivity contribution in [2.24, 2.45) is 5.92 Å². The lowest BCUT2D eigenvalue weighted by atomic mass is 9.97. The van der Waals surface area contributed by atoms with Gasteiger partial charge in [-0.1, -0.05) is 18.2 Å². The molecule has 1 aliphatic heterocycles. The molecule has 0 bridgehead atoms. The summed E-state index contributed by atoms with van der Waals surface area (Å²) in [4.78, 5) is 2.28. The molecule has 1 heterocycles. The minimum absolute atomic E-state index is 0.413. The zero-order valence-corrected chi connectivity index (χ0v) is 12.7. The van der Waals surface area contributed by atoms with Gasteiger partial charge in [0.15, 0.2) is 0 Å². The average molecular weight is 312 g/mol. The average Bonchev–Trinajstić information content (AvgIpc) is 3.32. The van der Waals surface area contributed by atoms with Gasteiger partial charge in [-0.3, -0.25) is 4.90 Å². The Morgan fingerprint density at radius 3 is 2.36 bits per heavy atom. The van der Waals surface area contributed by atoms with E-state index >= 15 is 0 Å². The predicted octanol–water partition coefficient (Wildman–Crippen LogP) is 3.67. The highest BCUT2D eigenvalue weighted by Crippen LogP contribution is 2.35. The third kappa shape index (κ3) is 4.02. The lowest BCUT2D eigenvalue weighted by Crippen LogP contribution is -2.37. The summed E-state index contributed by atoms with van der Waals surface area (Å²) in [5.41, 5.74) is -0.0678. The zero-order chi connectivity index (χ0) is 15.6. The van der Waals surface area contributed by atoms with Crippen molar-refractivity contribution in [3.63, 3.8) is 0 Å². The van der Waals surface area contributed by atoms with Gasteiger partial charge in [-0.2, -0.15) is 13.2 Å². The fourth-order valence-electron chi connectivity index (χ4n) is 3.33. The number of rotatable bonds is 5. The van der Waals surface area contributed by atoms with Gasteiger partial charge in [-0.25, -0.2) is 0 Å². The van der Waals surface area contributed by atoms with E-state index in [-0.39, 0.29) is 0 Å². The first kappa shape index (κ1) is 15.8. The minimum Gasteiger partial charge on any atom is -0.317 e. The zero-order valence-electron chi connectivity index (χ0n) is 12.7. The summed E-state index contributed by atoms with van der Waals surface area (Å²) in [6.45, 7) is 3.41. The highest BCUT2D eigenvalue weighted by atomic mass is 19.4. The summed E-state index contributed by atoms with van der Waals surface area (Å²) in [5.74, 6) is 0.611. The SMILES string of the molecule is FC(F)(F)c1ccccc1CN(CC1CCNCC1)C1CC1. The van der Waals surface area contributed by atoms with E-state index in [1.807, 2.05) is 0 Å². The topological polar surface area (TPSA) is 15.3 Å². The molecule has 1 N–H and O–H groups in total. The molecule has 2 fully saturated rings. The molecular weight excluding hydrogens is 289 g/mol. The summed E-state index contributed by atoms with van der Waals surface area (Å²) in [6, 6.07) is 6.49.